The number of benzene rings is 2. The Balaban J connectivity index is 1.63. The Kier molecular flexibility index (Phi) is 8.63. The molecule has 0 N–H and O–H groups in total. The van der Waals surface area contributed by atoms with Crippen LogP contribution < -0.4 is 0 Å². The Bertz CT molecular complexity index is 1200. The molecular weight excluding hydrogens is 478 g/mol. The van der Waals surface area contributed by atoms with Crippen molar-refractivity contribution in [3.8, 4) is 0 Å². The molecule has 2 aromatic carbocycles. The first-order valence-corrected chi connectivity index (χ1v) is 12.6. The molecule has 0 saturated carbocycles. The van der Waals surface area contributed by atoms with Crippen LogP contribution in [0.1, 0.15) is 29.5 Å². The maximum absolute atomic E-state index is 12.8. The lowest BCUT2D eigenvalue weighted by atomic mass is 10.0. The van der Waals surface area contributed by atoms with Gasteiger partial charge in [0.25, 0.3) is 15.8 Å². The Hall–Kier alpha value is -3.67. The normalized spacial score (nSPS) is 17.6. The van der Waals surface area contributed by atoms with Gasteiger partial charge >= 0.3 is 6.09 Å². The number of ether oxygens (including phenoxy) is 1. The summed E-state index contributed by atoms with van der Waals surface area (Å²) in [6.07, 6.45) is 1.21. The fourth-order valence-electron chi connectivity index (χ4n) is 3.89. The van der Waals surface area contributed by atoms with Gasteiger partial charge in [0.1, 0.15) is 6.61 Å². The van der Waals surface area contributed by atoms with Crippen molar-refractivity contribution in [2.75, 3.05) is 12.8 Å². The second-order valence-corrected chi connectivity index (χ2v) is 9.79. The summed E-state index contributed by atoms with van der Waals surface area (Å²) >= 11 is 0. The number of azide groups is 1. The van der Waals surface area contributed by atoms with E-state index in [1.54, 1.807) is 0 Å². The second-order valence-electron chi connectivity index (χ2n) is 8.19. The van der Waals surface area contributed by atoms with Crippen molar-refractivity contribution in [3.63, 3.8) is 0 Å². The van der Waals surface area contributed by atoms with E-state index in [4.69, 9.17) is 14.5 Å². The third-order valence-corrected chi connectivity index (χ3v) is 6.16. The number of carbonyl (C=O) groups excluding carboxylic acids is 1. The van der Waals surface area contributed by atoms with Gasteiger partial charge in [-0.05, 0) is 53.6 Å². The fraction of sp³-hybridized carbons (Fsp3) is 0.409. The van der Waals surface area contributed by atoms with Crippen LogP contribution in [-0.2, 0) is 38.6 Å². The van der Waals surface area contributed by atoms with E-state index >= 15 is 0 Å². The van der Waals surface area contributed by atoms with Gasteiger partial charge in [-0.2, -0.15) is 8.42 Å². The van der Waals surface area contributed by atoms with Gasteiger partial charge in [0.15, 0.2) is 0 Å². The van der Waals surface area contributed by atoms with E-state index in [9.17, 15) is 23.3 Å². The Morgan fingerprint density at radius 2 is 1.80 bits per heavy atom. The molecule has 0 radical (unpaired) electrons. The van der Waals surface area contributed by atoms with Crippen molar-refractivity contribution in [3.05, 3.63) is 85.8 Å². The van der Waals surface area contributed by atoms with E-state index in [1.165, 1.54) is 29.2 Å². The van der Waals surface area contributed by atoms with E-state index in [0.717, 1.165) is 17.4 Å². The van der Waals surface area contributed by atoms with E-state index in [1.807, 2.05) is 24.3 Å². The van der Waals surface area contributed by atoms with Gasteiger partial charge in [-0.1, -0.05) is 29.4 Å². The highest BCUT2D eigenvalue weighted by Gasteiger charge is 2.38. The molecule has 1 amide bonds. The molecule has 2 atom stereocenters. The van der Waals surface area contributed by atoms with Crippen molar-refractivity contribution >= 4 is 21.9 Å². The lowest BCUT2D eigenvalue weighted by Gasteiger charge is -2.24. The first-order chi connectivity index (χ1) is 16.6. The van der Waals surface area contributed by atoms with E-state index < -0.39 is 27.2 Å². The smallest absolute Gasteiger partial charge is 0.410 e. The number of carbonyl (C=O) groups is 1. The average molecular weight is 504 g/mol. The maximum atomic E-state index is 12.8. The standard InChI is InChI=1S/C22H25N5O7S/c1-35(31,32)34-21-12-20(11-6-16-2-4-17(5-3-16)13-24-25-23)26(14-21)22(28)33-15-18-7-9-19(10-8-18)27(29)30/h2-5,7-10,20-21H,6,11-15H2,1H3/t20-,21-/m1/s1. The van der Waals surface area contributed by atoms with Crippen LogP contribution in [0.25, 0.3) is 10.4 Å². The average Bonchev–Trinajstić information content (AvgIpc) is 3.21. The number of likely N-dealkylation sites (tertiary alicyclic amines) is 1. The maximum Gasteiger partial charge on any atom is 0.410 e. The van der Waals surface area contributed by atoms with Crippen molar-refractivity contribution in [2.45, 2.75) is 44.6 Å². The molecule has 0 spiro atoms. The highest BCUT2D eigenvalue weighted by molar-refractivity contribution is 7.86. The second kappa shape index (κ2) is 11.6. The summed E-state index contributed by atoms with van der Waals surface area (Å²) in [5.41, 5.74) is 10.8. The SMILES string of the molecule is CS(=O)(=O)O[C@@H]1C[C@@H](CCc2ccc(CN=[N+]=[N-])cc2)N(C(=O)OCc2ccc([N+](=O)[O-])cc2)C1. The summed E-state index contributed by atoms with van der Waals surface area (Å²) in [7, 11) is -3.69. The van der Waals surface area contributed by atoms with Crippen LogP contribution in [-0.4, -0.2) is 49.3 Å². The van der Waals surface area contributed by atoms with Gasteiger partial charge in [0.05, 0.1) is 30.4 Å². The molecule has 1 fully saturated rings. The van der Waals surface area contributed by atoms with Gasteiger partial charge in [-0.25, -0.2) is 4.79 Å². The predicted molar refractivity (Wildman–Crippen MR) is 126 cm³/mol. The molecule has 0 bridgehead atoms. The number of non-ortho nitro benzene ring substituents is 1. The molecule has 35 heavy (non-hydrogen) atoms. The minimum absolute atomic E-state index is 0.0636. The summed E-state index contributed by atoms with van der Waals surface area (Å²) < 4.78 is 33.7. The van der Waals surface area contributed by atoms with Crippen LogP contribution >= 0.6 is 0 Å². The summed E-state index contributed by atoms with van der Waals surface area (Å²) in [6.45, 7) is 0.254. The summed E-state index contributed by atoms with van der Waals surface area (Å²) in [5.74, 6) is 0. The van der Waals surface area contributed by atoms with Crippen LogP contribution in [0.15, 0.2) is 53.6 Å². The van der Waals surface area contributed by atoms with Crippen LogP contribution in [0.5, 0.6) is 0 Å². The first kappa shape index (κ1) is 25.9. The van der Waals surface area contributed by atoms with Crippen molar-refractivity contribution < 1.29 is 27.1 Å². The van der Waals surface area contributed by atoms with E-state index in [0.29, 0.717) is 24.8 Å². The van der Waals surface area contributed by atoms with Crippen LogP contribution in [0.2, 0.25) is 0 Å². The molecule has 2 aromatic rings. The molecule has 1 heterocycles. The number of hydrogen-bond acceptors (Lipinski definition) is 8. The molecule has 1 aliphatic rings. The lowest BCUT2D eigenvalue weighted by molar-refractivity contribution is -0.384. The highest BCUT2D eigenvalue weighted by atomic mass is 32.2. The van der Waals surface area contributed by atoms with E-state index in [-0.39, 0.29) is 31.4 Å². The number of aryl methyl sites for hydroxylation is 1. The Labute approximate surface area is 202 Å². The van der Waals surface area contributed by atoms with Gasteiger partial charge in [0.2, 0.25) is 0 Å². The number of rotatable bonds is 10. The number of nitrogens with zero attached hydrogens (tertiary/aromatic N) is 5. The van der Waals surface area contributed by atoms with Gasteiger partial charge in [-0.15, -0.1) is 0 Å². The zero-order chi connectivity index (χ0) is 25.4. The lowest BCUT2D eigenvalue weighted by Crippen LogP contribution is -2.37. The molecule has 13 heteroatoms. The van der Waals surface area contributed by atoms with Crippen LogP contribution in [0, 0.1) is 10.1 Å². The quantitative estimate of drug-likeness (QED) is 0.118. The predicted octanol–water partition coefficient (Wildman–Crippen LogP) is 4.09. The van der Waals surface area contributed by atoms with E-state index in [2.05, 4.69) is 10.0 Å². The minimum atomic E-state index is -3.69. The topological polar surface area (TPSA) is 165 Å². The first-order valence-electron chi connectivity index (χ1n) is 10.8. The third kappa shape index (κ3) is 7.95. The Morgan fingerprint density at radius 1 is 1.17 bits per heavy atom. The summed E-state index contributed by atoms with van der Waals surface area (Å²) in [6, 6.07) is 12.9. The van der Waals surface area contributed by atoms with Gasteiger partial charge < -0.3 is 9.64 Å². The summed E-state index contributed by atoms with van der Waals surface area (Å²) in [4.78, 5) is 27.3. The molecule has 186 valence electrons. The van der Waals surface area contributed by atoms with Crippen molar-refractivity contribution in [1.82, 2.24) is 4.90 Å². The zero-order valence-electron chi connectivity index (χ0n) is 19.0. The van der Waals surface area contributed by atoms with Crippen LogP contribution in [0.4, 0.5) is 10.5 Å². The Morgan fingerprint density at radius 3 is 2.40 bits per heavy atom. The molecule has 0 aromatic heterocycles. The molecule has 0 unspecified atom stereocenters. The minimum Gasteiger partial charge on any atom is -0.445 e. The number of nitro benzene ring substituents is 1. The largest absolute Gasteiger partial charge is 0.445 e. The third-order valence-electron chi connectivity index (χ3n) is 5.54. The number of nitro groups is 1. The van der Waals surface area contributed by atoms with Gasteiger partial charge in [0, 0.05) is 23.1 Å². The number of amides is 1. The summed E-state index contributed by atoms with van der Waals surface area (Å²) in [5, 5.41) is 14.3. The van der Waals surface area contributed by atoms with Crippen molar-refractivity contribution in [2.24, 2.45) is 5.11 Å². The highest BCUT2D eigenvalue weighted by Crippen LogP contribution is 2.27. The molecule has 3 rings (SSSR count). The van der Waals surface area contributed by atoms with Crippen LogP contribution in [0.3, 0.4) is 0 Å². The molecular formula is C22H25N5O7S. The zero-order valence-corrected chi connectivity index (χ0v) is 19.8. The molecule has 12 nitrogen and oxygen atoms in total. The van der Waals surface area contributed by atoms with Crippen molar-refractivity contribution in [1.29, 1.82) is 0 Å². The monoisotopic (exact) mass is 503 g/mol. The molecule has 1 saturated heterocycles. The molecule has 0 aliphatic carbocycles. The van der Waals surface area contributed by atoms with Gasteiger partial charge in [-0.3, -0.25) is 14.3 Å². The fourth-order valence-corrected chi connectivity index (χ4v) is 4.52. The molecule has 1 aliphatic heterocycles. The number of hydrogen-bond donors (Lipinski definition) is 0.